The third-order valence-corrected chi connectivity index (χ3v) is 5.02. The summed E-state index contributed by atoms with van der Waals surface area (Å²) in [7, 11) is 0. The summed E-state index contributed by atoms with van der Waals surface area (Å²) in [6.07, 6.45) is 5.45. The summed E-state index contributed by atoms with van der Waals surface area (Å²) in [5, 5.41) is 0. The number of amides is 1. The van der Waals surface area contributed by atoms with Crippen molar-refractivity contribution < 1.29 is 4.79 Å². The first-order chi connectivity index (χ1) is 9.40. The summed E-state index contributed by atoms with van der Waals surface area (Å²) in [5.74, 6) is -0.398. The van der Waals surface area contributed by atoms with Crippen LogP contribution in [-0.4, -0.2) is 59.5 Å². The van der Waals surface area contributed by atoms with E-state index in [0.717, 1.165) is 25.4 Å². The van der Waals surface area contributed by atoms with E-state index in [4.69, 9.17) is 11.5 Å². The monoisotopic (exact) mass is 282 g/mol. The maximum atomic E-state index is 11.2. The molecule has 0 spiro atoms. The van der Waals surface area contributed by atoms with Crippen LogP contribution >= 0.6 is 0 Å². The van der Waals surface area contributed by atoms with E-state index in [2.05, 4.69) is 16.7 Å². The highest BCUT2D eigenvalue weighted by Gasteiger charge is 2.34. The second kappa shape index (κ2) is 6.41. The molecule has 2 rings (SSSR count). The first kappa shape index (κ1) is 15.7. The number of unbranched alkanes of at least 4 members (excludes halogenated alkanes) is 1. The highest BCUT2D eigenvalue weighted by molar-refractivity contribution is 5.83. The van der Waals surface area contributed by atoms with E-state index >= 15 is 0 Å². The number of fused-ring (bicyclic) bond motifs is 1. The molecule has 5 heteroatoms. The summed E-state index contributed by atoms with van der Waals surface area (Å²) in [5.41, 5.74) is 10.3. The molecule has 2 saturated heterocycles. The molecule has 3 unspecified atom stereocenters. The topological polar surface area (TPSA) is 75.6 Å². The maximum absolute atomic E-state index is 11.2. The Labute approximate surface area is 122 Å². The Balaban J connectivity index is 1.70. The molecule has 2 aliphatic heterocycles. The van der Waals surface area contributed by atoms with E-state index < -0.39 is 11.4 Å². The van der Waals surface area contributed by atoms with Gasteiger partial charge in [-0.15, -0.1) is 0 Å². The van der Waals surface area contributed by atoms with Gasteiger partial charge in [-0.3, -0.25) is 14.6 Å². The first-order valence-corrected chi connectivity index (χ1v) is 7.97. The van der Waals surface area contributed by atoms with Crippen LogP contribution < -0.4 is 11.5 Å². The van der Waals surface area contributed by atoms with Crippen LogP contribution in [0, 0.1) is 0 Å². The van der Waals surface area contributed by atoms with E-state index in [1.54, 1.807) is 6.92 Å². The molecule has 0 aromatic rings. The molecule has 116 valence electrons. The number of primary amides is 1. The largest absolute Gasteiger partial charge is 0.368 e. The van der Waals surface area contributed by atoms with E-state index in [1.165, 1.54) is 32.5 Å². The Morgan fingerprint density at radius 2 is 2.10 bits per heavy atom. The summed E-state index contributed by atoms with van der Waals surface area (Å²) < 4.78 is 0. The van der Waals surface area contributed by atoms with Crippen LogP contribution in [0.25, 0.3) is 0 Å². The third-order valence-electron chi connectivity index (χ3n) is 5.02. The van der Waals surface area contributed by atoms with Crippen molar-refractivity contribution in [3.8, 4) is 0 Å². The summed E-state index contributed by atoms with van der Waals surface area (Å²) in [6, 6.07) is 1.42. The van der Waals surface area contributed by atoms with Crippen LogP contribution in [0.2, 0.25) is 0 Å². The molecule has 20 heavy (non-hydrogen) atoms. The van der Waals surface area contributed by atoms with Crippen molar-refractivity contribution in [1.82, 2.24) is 9.80 Å². The maximum Gasteiger partial charge on any atom is 0.237 e. The Kier molecular flexibility index (Phi) is 5.04. The number of piperazine rings is 1. The van der Waals surface area contributed by atoms with Gasteiger partial charge in [0.15, 0.2) is 0 Å². The van der Waals surface area contributed by atoms with E-state index in [-0.39, 0.29) is 0 Å². The van der Waals surface area contributed by atoms with Gasteiger partial charge >= 0.3 is 0 Å². The van der Waals surface area contributed by atoms with E-state index in [1.807, 2.05) is 0 Å². The van der Waals surface area contributed by atoms with Crippen LogP contribution in [0.15, 0.2) is 0 Å². The fraction of sp³-hybridized carbons (Fsp3) is 0.933. The number of nitrogens with zero attached hydrogens (tertiary/aromatic N) is 2. The van der Waals surface area contributed by atoms with Crippen molar-refractivity contribution in [2.24, 2.45) is 11.5 Å². The SMILES string of the molecule is CC1CN2CCCC2CN1CCCCC(C)(N)C(N)=O. The molecule has 1 amide bonds. The van der Waals surface area contributed by atoms with Crippen molar-refractivity contribution in [3.05, 3.63) is 0 Å². The number of hydrogen-bond acceptors (Lipinski definition) is 4. The second-order valence-corrected chi connectivity index (χ2v) is 6.87. The highest BCUT2D eigenvalue weighted by Crippen LogP contribution is 2.24. The zero-order valence-corrected chi connectivity index (χ0v) is 13.0. The van der Waals surface area contributed by atoms with E-state index in [9.17, 15) is 4.79 Å². The molecule has 0 bridgehead atoms. The molecule has 0 aliphatic carbocycles. The quantitative estimate of drug-likeness (QED) is 0.697. The zero-order valence-electron chi connectivity index (χ0n) is 13.0. The summed E-state index contributed by atoms with van der Waals surface area (Å²) in [6.45, 7) is 8.87. The Bertz CT molecular complexity index is 345. The Hall–Kier alpha value is -0.650. The van der Waals surface area contributed by atoms with Gasteiger partial charge in [0.2, 0.25) is 5.91 Å². The molecule has 2 heterocycles. The van der Waals surface area contributed by atoms with Crippen molar-refractivity contribution >= 4 is 5.91 Å². The fourth-order valence-corrected chi connectivity index (χ4v) is 3.49. The number of hydrogen-bond donors (Lipinski definition) is 2. The average Bonchev–Trinajstić information content (AvgIpc) is 2.81. The van der Waals surface area contributed by atoms with Gasteiger partial charge in [-0.1, -0.05) is 0 Å². The van der Waals surface area contributed by atoms with Gasteiger partial charge in [0.1, 0.15) is 0 Å². The lowest BCUT2D eigenvalue weighted by Crippen LogP contribution is -2.55. The first-order valence-electron chi connectivity index (χ1n) is 7.97. The van der Waals surface area contributed by atoms with Crippen molar-refractivity contribution in [2.75, 3.05) is 26.2 Å². The second-order valence-electron chi connectivity index (χ2n) is 6.87. The molecule has 0 aromatic heterocycles. The van der Waals surface area contributed by atoms with Crippen molar-refractivity contribution in [3.63, 3.8) is 0 Å². The minimum absolute atomic E-state index is 0.398. The lowest BCUT2D eigenvalue weighted by Gasteiger charge is -2.42. The van der Waals surface area contributed by atoms with Crippen LogP contribution in [0.1, 0.15) is 46.0 Å². The normalized spacial score (nSPS) is 30.9. The molecule has 5 nitrogen and oxygen atoms in total. The van der Waals surface area contributed by atoms with Crippen LogP contribution in [0.5, 0.6) is 0 Å². The van der Waals surface area contributed by atoms with Crippen molar-refractivity contribution in [2.45, 2.75) is 63.6 Å². The van der Waals surface area contributed by atoms with Crippen LogP contribution in [-0.2, 0) is 4.79 Å². The average molecular weight is 282 g/mol. The number of nitrogens with two attached hydrogens (primary N) is 2. The molecule has 0 radical (unpaired) electrons. The van der Waals surface area contributed by atoms with Gasteiger partial charge < -0.3 is 11.5 Å². The minimum Gasteiger partial charge on any atom is -0.368 e. The molecular weight excluding hydrogens is 252 g/mol. The van der Waals surface area contributed by atoms with Gasteiger partial charge in [0.05, 0.1) is 5.54 Å². The zero-order chi connectivity index (χ0) is 14.8. The Morgan fingerprint density at radius 3 is 2.80 bits per heavy atom. The molecular formula is C15H30N4O. The van der Waals surface area contributed by atoms with Gasteiger partial charge in [-0.05, 0) is 59.0 Å². The van der Waals surface area contributed by atoms with Gasteiger partial charge in [-0.2, -0.15) is 0 Å². The molecule has 2 aliphatic rings. The minimum atomic E-state index is -0.851. The lowest BCUT2D eigenvalue weighted by atomic mass is 9.95. The number of carbonyl (C=O) groups is 1. The van der Waals surface area contributed by atoms with Gasteiger partial charge in [0.25, 0.3) is 0 Å². The van der Waals surface area contributed by atoms with Crippen LogP contribution in [0.4, 0.5) is 0 Å². The molecule has 2 fully saturated rings. The lowest BCUT2D eigenvalue weighted by molar-refractivity contribution is -0.122. The van der Waals surface area contributed by atoms with Gasteiger partial charge in [0, 0.05) is 25.2 Å². The smallest absolute Gasteiger partial charge is 0.237 e. The fourth-order valence-electron chi connectivity index (χ4n) is 3.49. The highest BCUT2D eigenvalue weighted by atomic mass is 16.1. The number of carbonyl (C=O) groups excluding carboxylic acids is 1. The molecule has 0 aromatic carbocycles. The summed E-state index contributed by atoms with van der Waals surface area (Å²) >= 11 is 0. The standard InChI is InChI=1S/C15H30N4O/c1-12-10-19-9-5-6-13(19)11-18(12)8-4-3-7-15(2,17)14(16)20/h12-13H,3-11,17H2,1-2H3,(H2,16,20). The molecule has 4 N–H and O–H groups in total. The Morgan fingerprint density at radius 1 is 1.35 bits per heavy atom. The van der Waals surface area contributed by atoms with E-state index in [0.29, 0.717) is 12.5 Å². The third kappa shape index (κ3) is 3.71. The van der Waals surface area contributed by atoms with Crippen LogP contribution in [0.3, 0.4) is 0 Å². The summed E-state index contributed by atoms with van der Waals surface area (Å²) in [4.78, 5) is 16.4. The predicted octanol–water partition coefficient (Wildman–Crippen LogP) is 0.528. The molecule has 0 saturated carbocycles. The molecule has 3 atom stereocenters. The predicted molar refractivity (Wildman–Crippen MR) is 81.3 cm³/mol. The van der Waals surface area contributed by atoms with Crippen molar-refractivity contribution in [1.29, 1.82) is 0 Å². The van der Waals surface area contributed by atoms with Gasteiger partial charge in [-0.25, -0.2) is 0 Å². The number of rotatable bonds is 6.